The van der Waals surface area contributed by atoms with E-state index in [2.05, 4.69) is 36.5 Å². The van der Waals surface area contributed by atoms with Gasteiger partial charge in [0.25, 0.3) is 0 Å². The van der Waals surface area contributed by atoms with Gasteiger partial charge in [0, 0.05) is 25.4 Å². The first kappa shape index (κ1) is 18.0. The number of amides is 2. The fraction of sp³-hybridized carbons (Fsp3) is 0.333. The van der Waals surface area contributed by atoms with Crippen LogP contribution in [0.15, 0.2) is 54.6 Å². The SMILES string of the molecule is Cc1ccccc1[C@@H](CC(=O)NCCN1CCOC1=O)c1ccccc1. The third-order valence-electron chi connectivity index (χ3n) is 4.70. The average Bonchev–Trinajstić information content (AvgIpc) is 3.06. The number of cyclic esters (lactones) is 1. The third kappa shape index (κ3) is 4.42. The lowest BCUT2D eigenvalue weighted by molar-refractivity contribution is -0.121. The molecular formula is C21H24N2O3. The van der Waals surface area contributed by atoms with Crippen LogP contribution in [-0.4, -0.2) is 43.1 Å². The van der Waals surface area contributed by atoms with Gasteiger partial charge in [0.05, 0.1) is 6.54 Å². The highest BCUT2D eigenvalue weighted by Gasteiger charge is 2.22. The maximum absolute atomic E-state index is 12.5. The smallest absolute Gasteiger partial charge is 0.409 e. The zero-order valence-corrected chi connectivity index (χ0v) is 15.0. The molecule has 0 radical (unpaired) electrons. The van der Waals surface area contributed by atoms with Crippen LogP contribution in [-0.2, 0) is 9.53 Å². The quantitative estimate of drug-likeness (QED) is 0.833. The fourth-order valence-electron chi connectivity index (χ4n) is 3.29. The largest absolute Gasteiger partial charge is 0.448 e. The number of nitrogens with zero attached hydrogens (tertiary/aromatic N) is 1. The molecule has 1 saturated heterocycles. The van der Waals surface area contributed by atoms with Crippen LogP contribution in [0.4, 0.5) is 4.79 Å². The summed E-state index contributed by atoms with van der Waals surface area (Å²) in [5.41, 5.74) is 3.46. The molecule has 26 heavy (non-hydrogen) atoms. The molecule has 0 unspecified atom stereocenters. The molecule has 0 bridgehead atoms. The second-order valence-corrected chi connectivity index (χ2v) is 6.48. The summed E-state index contributed by atoms with van der Waals surface area (Å²) in [4.78, 5) is 25.6. The number of rotatable bonds is 7. The Balaban J connectivity index is 1.65. The predicted octanol–water partition coefficient (Wildman–Crippen LogP) is 3.09. The Morgan fingerprint density at radius 1 is 1.15 bits per heavy atom. The molecule has 2 aromatic carbocycles. The van der Waals surface area contributed by atoms with Crippen LogP contribution in [0.1, 0.15) is 29.0 Å². The Morgan fingerprint density at radius 3 is 2.58 bits per heavy atom. The summed E-state index contributed by atoms with van der Waals surface area (Å²) in [5, 5.41) is 2.93. The molecule has 3 rings (SSSR count). The van der Waals surface area contributed by atoms with Gasteiger partial charge >= 0.3 is 6.09 Å². The molecular weight excluding hydrogens is 328 g/mol. The number of hydrogen-bond donors (Lipinski definition) is 1. The monoisotopic (exact) mass is 352 g/mol. The first-order valence-electron chi connectivity index (χ1n) is 8.94. The molecule has 1 N–H and O–H groups in total. The van der Waals surface area contributed by atoms with Gasteiger partial charge in [0.15, 0.2) is 0 Å². The van der Waals surface area contributed by atoms with Crippen LogP contribution in [0, 0.1) is 6.92 Å². The lowest BCUT2D eigenvalue weighted by Crippen LogP contribution is -2.35. The number of aryl methyl sites for hydroxylation is 1. The second kappa shape index (κ2) is 8.52. The van der Waals surface area contributed by atoms with Gasteiger partial charge in [-0.2, -0.15) is 0 Å². The first-order valence-corrected chi connectivity index (χ1v) is 8.94. The highest BCUT2D eigenvalue weighted by Crippen LogP contribution is 2.30. The van der Waals surface area contributed by atoms with Crippen molar-refractivity contribution in [3.63, 3.8) is 0 Å². The molecule has 0 aromatic heterocycles. The lowest BCUT2D eigenvalue weighted by Gasteiger charge is -2.20. The van der Waals surface area contributed by atoms with Gasteiger partial charge in [0.1, 0.15) is 6.61 Å². The van der Waals surface area contributed by atoms with Gasteiger partial charge in [-0.1, -0.05) is 54.6 Å². The van der Waals surface area contributed by atoms with Gasteiger partial charge in [-0.25, -0.2) is 4.79 Å². The lowest BCUT2D eigenvalue weighted by atomic mass is 9.86. The van der Waals surface area contributed by atoms with E-state index < -0.39 is 0 Å². The number of ether oxygens (including phenoxy) is 1. The summed E-state index contributed by atoms with van der Waals surface area (Å²) in [7, 11) is 0. The summed E-state index contributed by atoms with van der Waals surface area (Å²) in [6.45, 7) is 4.00. The molecule has 2 amide bonds. The second-order valence-electron chi connectivity index (χ2n) is 6.48. The van der Waals surface area contributed by atoms with Crippen LogP contribution in [0.25, 0.3) is 0 Å². The first-order chi connectivity index (χ1) is 12.6. The molecule has 2 aromatic rings. The van der Waals surface area contributed by atoms with E-state index in [0.29, 0.717) is 32.7 Å². The van der Waals surface area contributed by atoms with E-state index in [-0.39, 0.29) is 17.9 Å². The Labute approximate surface area is 154 Å². The summed E-state index contributed by atoms with van der Waals surface area (Å²) in [6.07, 6.45) is 0.0700. The number of carbonyl (C=O) groups is 2. The van der Waals surface area contributed by atoms with E-state index in [9.17, 15) is 9.59 Å². The highest BCUT2D eigenvalue weighted by atomic mass is 16.6. The van der Waals surface area contributed by atoms with Crippen molar-refractivity contribution in [1.29, 1.82) is 0 Å². The predicted molar refractivity (Wildman–Crippen MR) is 100 cm³/mol. The Bertz CT molecular complexity index is 761. The Kier molecular flexibility index (Phi) is 5.89. The van der Waals surface area contributed by atoms with Crippen LogP contribution >= 0.6 is 0 Å². The van der Waals surface area contributed by atoms with E-state index in [1.165, 1.54) is 5.56 Å². The number of nitrogens with one attached hydrogen (secondary N) is 1. The molecule has 0 spiro atoms. The highest BCUT2D eigenvalue weighted by molar-refractivity contribution is 5.77. The van der Waals surface area contributed by atoms with Crippen molar-refractivity contribution in [1.82, 2.24) is 10.2 Å². The van der Waals surface area contributed by atoms with Crippen molar-refractivity contribution in [2.24, 2.45) is 0 Å². The molecule has 1 aliphatic rings. The summed E-state index contributed by atoms with van der Waals surface area (Å²) < 4.78 is 4.89. The maximum Gasteiger partial charge on any atom is 0.409 e. The Morgan fingerprint density at radius 2 is 1.88 bits per heavy atom. The minimum Gasteiger partial charge on any atom is -0.448 e. The summed E-state index contributed by atoms with van der Waals surface area (Å²) >= 11 is 0. The minimum absolute atomic E-state index is 0.00847. The van der Waals surface area contributed by atoms with Gasteiger partial charge < -0.3 is 15.0 Å². The van der Waals surface area contributed by atoms with Crippen molar-refractivity contribution in [3.05, 3.63) is 71.3 Å². The average molecular weight is 352 g/mol. The van der Waals surface area contributed by atoms with E-state index >= 15 is 0 Å². The molecule has 136 valence electrons. The van der Waals surface area contributed by atoms with Gasteiger partial charge in [-0.3, -0.25) is 4.79 Å². The summed E-state index contributed by atoms with van der Waals surface area (Å²) in [6, 6.07) is 18.3. The van der Waals surface area contributed by atoms with Crippen LogP contribution < -0.4 is 5.32 Å². The van der Waals surface area contributed by atoms with Crippen LogP contribution in [0.2, 0.25) is 0 Å². The number of carbonyl (C=O) groups excluding carboxylic acids is 2. The standard InChI is InChI=1S/C21H24N2O3/c1-16-7-5-6-10-18(16)19(17-8-3-2-4-9-17)15-20(24)22-11-12-23-13-14-26-21(23)25/h2-10,19H,11-15H2,1H3,(H,22,24)/t19-/m0/s1. The van der Waals surface area contributed by atoms with Gasteiger partial charge in [-0.15, -0.1) is 0 Å². The third-order valence-corrected chi connectivity index (χ3v) is 4.70. The van der Waals surface area contributed by atoms with Crippen LogP contribution in [0.5, 0.6) is 0 Å². The molecule has 0 saturated carbocycles. The Hall–Kier alpha value is -2.82. The molecule has 1 heterocycles. The number of hydrogen-bond acceptors (Lipinski definition) is 3. The van der Waals surface area contributed by atoms with Crippen LogP contribution in [0.3, 0.4) is 0 Å². The van der Waals surface area contributed by atoms with Crippen molar-refractivity contribution in [3.8, 4) is 0 Å². The molecule has 1 aliphatic heterocycles. The zero-order chi connectivity index (χ0) is 18.4. The van der Waals surface area contributed by atoms with Gasteiger partial charge in [0.2, 0.25) is 5.91 Å². The molecule has 1 atom stereocenters. The molecule has 1 fully saturated rings. The maximum atomic E-state index is 12.5. The van der Waals surface area contributed by atoms with Crippen molar-refractivity contribution in [2.75, 3.05) is 26.2 Å². The fourth-order valence-corrected chi connectivity index (χ4v) is 3.29. The summed E-state index contributed by atoms with van der Waals surface area (Å²) in [5.74, 6) is -0.0103. The normalized spacial score (nSPS) is 14.8. The molecule has 5 heteroatoms. The van der Waals surface area contributed by atoms with E-state index in [4.69, 9.17) is 4.74 Å². The van der Waals surface area contributed by atoms with Crippen molar-refractivity contribution in [2.45, 2.75) is 19.3 Å². The molecule has 5 nitrogen and oxygen atoms in total. The van der Waals surface area contributed by atoms with E-state index in [0.717, 1.165) is 11.1 Å². The van der Waals surface area contributed by atoms with Gasteiger partial charge in [-0.05, 0) is 23.6 Å². The minimum atomic E-state index is -0.304. The van der Waals surface area contributed by atoms with E-state index in [1.807, 2.05) is 30.3 Å². The number of benzene rings is 2. The van der Waals surface area contributed by atoms with E-state index in [1.54, 1.807) is 4.90 Å². The zero-order valence-electron chi connectivity index (χ0n) is 15.0. The van der Waals surface area contributed by atoms with Crippen molar-refractivity contribution >= 4 is 12.0 Å². The molecule has 0 aliphatic carbocycles. The topological polar surface area (TPSA) is 58.6 Å². The van der Waals surface area contributed by atoms with Crippen molar-refractivity contribution < 1.29 is 14.3 Å².